The second-order valence-corrected chi connectivity index (χ2v) is 3.39. The summed E-state index contributed by atoms with van der Waals surface area (Å²) in [5.74, 6) is 0. The van der Waals surface area contributed by atoms with Crippen molar-refractivity contribution in [2.75, 3.05) is 6.61 Å². The van der Waals surface area contributed by atoms with Crippen molar-refractivity contribution in [1.29, 1.82) is 0 Å². The van der Waals surface area contributed by atoms with Gasteiger partial charge in [0.1, 0.15) is 6.10 Å². The van der Waals surface area contributed by atoms with Crippen LogP contribution in [0.25, 0.3) is 0 Å². The average Bonchev–Trinajstić information content (AvgIpc) is 2.63. The van der Waals surface area contributed by atoms with E-state index in [4.69, 9.17) is 9.47 Å². The minimum absolute atomic E-state index is 0.449. The second-order valence-electron chi connectivity index (χ2n) is 3.39. The molecular weight excluding hydrogens is 180 g/mol. The fourth-order valence-corrected chi connectivity index (χ4v) is 1.46. The largest absolute Gasteiger partial charge is 0.388 e. The third-order valence-electron chi connectivity index (χ3n) is 2.27. The quantitative estimate of drug-likeness (QED) is 0.788. The van der Waals surface area contributed by atoms with Crippen LogP contribution in [0.3, 0.4) is 0 Å². The summed E-state index contributed by atoms with van der Waals surface area (Å²) in [6, 6.07) is 9.86. The summed E-state index contributed by atoms with van der Waals surface area (Å²) in [7, 11) is 0. The molecule has 2 rings (SSSR count). The van der Waals surface area contributed by atoms with Gasteiger partial charge in [0.25, 0.3) is 0 Å². The number of aliphatic hydroxyl groups excluding tert-OH is 1. The Hall–Kier alpha value is -0.900. The number of ether oxygens (including phenoxy) is 2. The summed E-state index contributed by atoms with van der Waals surface area (Å²) >= 11 is 0. The summed E-state index contributed by atoms with van der Waals surface area (Å²) in [6.45, 7) is 1.07. The Balaban J connectivity index is 1.82. The molecule has 1 N–H and O–H groups in total. The van der Waals surface area contributed by atoms with Gasteiger partial charge in [-0.15, -0.1) is 0 Å². The van der Waals surface area contributed by atoms with Crippen LogP contribution in [0.15, 0.2) is 30.3 Å². The fourth-order valence-electron chi connectivity index (χ4n) is 1.46. The normalized spacial score (nSPS) is 26.6. The van der Waals surface area contributed by atoms with E-state index in [0.717, 1.165) is 5.56 Å². The van der Waals surface area contributed by atoms with Crippen LogP contribution in [0.5, 0.6) is 0 Å². The molecule has 3 nitrogen and oxygen atoms in total. The molecule has 1 saturated heterocycles. The van der Waals surface area contributed by atoms with Crippen molar-refractivity contribution >= 4 is 0 Å². The molecule has 0 unspecified atom stereocenters. The van der Waals surface area contributed by atoms with Gasteiger partial charge in [-0.2, -0.15) is 0 Å². The van der Waals surface area contributed by atoms with Gasteiger partial charge in [0.15, 0.2) is 6.29 Å². The summed E-state index contributed by atoms with van der Waals surface area (Å²) in [6.07, 6.45) is -0.256. The van der Waals surface area contributed by atoms with E-state index in [1.165, 1.54) is 0 Å². The van der Waals surface area contributed by atoms with E-state index < -0.39 is 12.4 Å². The zero-order valence-corrected chi connectivity index (χ0v) is 7.93. The lowest BCUT2D eigenvalue weighted by atomic mass is 10.2. The van der Waals surface area contributed by atoms with Gasteiger partial charge in [0, 0.05) is 6.42 Å². The van der Waals surface area contributed by atoms with Gasteiger partial charge in [-0.1, -0.05) is 30.3 Å². The topological polar surface area (TPSA) is 38.7 Å². The van der Waals surface area contributed by atoms with Gasteiger partial charge in [0.05, 0.1) is 13.2 Å². The predicted octanol–water partition coefficient (Wildman–Crippen LogP) is 1.31. The zero-order chi connectivity index (χ0) is 9.80. The molecule has 1 aromatic rings. The molecule has 0 radical (unpaired) electrons. The van der Waals surface area contributed by atoms with E-state index in [-0.39, 0.29) is 0 Å². The molecule has 1 heterocycles. The second kappa shape index (κ2) is 4.55. The number of aliphatic hydroxyl groups is 1. The van der Waals surface area contributed by atoms with Gasteiger partial charge in [-0.3, -0.25) is 0 Å². The maximum Gasteiger partial charge on any atom is 0.183 e. The molecule has 0 aliphatic carbocycles. The molecule has 14 heavy (non-hydrogen) atoms. The molecular formula is C11H14O3. The molecule has 1 fully saturated rings. The van der Waals surface area contributed by atoms with E-state index in [0.29, 0.717) is 19.6 Å². The van der Waals surface area contributed by atoms with Crippen LogP contribution >= 0.6 is 0 Å². The molecule has 1 aliphatic rings. The SMILES string of the molecule is O[C@@H]1CCO[C@@H]1OCc1ccccc1. The highest BCUT2D eigenvalue weighted by atomic mass is 16.7. The number of benzene rings is 1. The van der Waals surface area contributed by atoms with Crippen LogP contribution in [-0.2, 0) is 16.1 Å². The minimum Gasteiger partial charge on any atom is -0.388 e. The fraction of sp³-hybridized carbons (Fsp3) is 0.455. The smallest absolute Gasteiger partial charge is 0.183 e. The number of rotatable bonds is 3. The molecule has 0 saturated carbocycles. The number of hydrogen-bond donors (Lipinski definition) is 1. The van der Waals surface area contributed by atoms with E-state index in [2.05, 4.69) is 0 Å². The van der Waals surface area contributed by atoms with Crippen molar-refractivity contribution in [1.82, 2.24) is 0 Å². The van der Waals surface area contributed by atoms with Crippen LogP contribution in [0.2, 0.25) is 0 Å². The first-order chi connectivity index (χ1) is 6.86. The van der Waals surface area contributed by atoms with Gasteiger partial charge >= 0.3 is 0 Å². The van der Waals surface area contributed by atoms with E-state index >= 15 is 0 Å². The predicted molar refractivity (Wildman–Crippen MR) is 51.6 cm³/mol. The lowest BCUT2D eigenvalue weighted by molar-refractivity contribution is -0.157. The minimum atomic E-state index is -0.473. The molecule has 0 bridgehead atoms. The maximum absolute atomic E-state index is 9.42. The van der Waals surface area contributed by atoms with Gasteiger partial charge < -0.3 is 14.6 Å². The van der Waals surface area contributed by atoms with Crippen molar-refractivity contribution in [3.05, 3.63) is 35.9 Å². The Kier molecular flexibility index (Phi) is 3.14. The first-order valence-electron chi connectivity index (χ1n) is 4.81. The van der Waals surface area contributed by atoms with Gasteiger partial charge in [-0.05, 0) is 5.56 Å². The highest BCUT2D eigenvalue weighted by Gasteiger charge is 2.26. The molecule has 3 heteroatoms. The lowest BCUT2D eigenvalue weighted by Crippen LogP contribution is -2.23. The third-order valence-corrected chi connectivity index (χ3v) is 2.27. The highest BCUT2D eigenvalue weighted by molar-refractivity contribution is 5.13. The Morgan fingerprint density at radius 1 is 1.36 bits per heavy atom. The first kappa shape index (κ1) is 9.65. The molecule has 1 aliphatic heterocycles. The Labute approximate surface area is 83.3 Å². The zero-order valence-electron chi connectivity index (χ0n) is 7.93. The summed E-state index contributed by atoms with van der Waals surface area (Å²) < 4.78 is 10.6. The van der Waals surface area contributed by atoms with Gasteiger partial charge in [-0.25, -0.2) is 0 Å². The monoisotopic (exact) mass is 194 g/mol. The lowest BCUT2D eigenvalue weighted by Gasteiger charge is -2.14. The summed E-state index contributed by atoms with van der Waals surface area (Å²) in [4.78, 5) is 0. The van der Waals surface area contributed by atoms with Crippen LogP contribution in [0.1, 0.15) is 12.0 Å². The van der Waals surface area contributed by atoms with E-state index in [1.54, 1.807) is 0 Å². The molecule has 76 valence electrons. The Morgan fingerprint density at radius 3 is 2.79 bits per heavy atom. The maximum atomic E-state index is 9.42. The van der Waals surface area contributed by atoms with Crippen LogP contribution in [0.4, 0.5) is 0 Å². The summed E-state index contributed by atoms with van der Waals surface area (Å²) in [5.41, 5.74) is 1.09. The molecule has 0 aromatic heterocycles. The van der Waals surface area contributed by atoms with Crippen LogP contribution in [0, 0.1) is 0 Å². The Morgan fingerprint density at radius 2 is 2.14 bits per heavy atom. The van der Waals surface area contributed by atoms with Crippen LogP contribution in [-0.4, -0.2) is 24.1 Å². The van der Waals surface area contributed by atoms with Crippen molar-refractivity contribution in [2.45, 2.75) is 25.4 Å². The Bertz CT molecular complexity index is 273. The molecule has 0 amide bonds. The molecule has 2 atom stereocenters. The third kappa shape index (κ3) is 2.32. The van der Waals surface area contributed by atoms with Crippen molar-refractivity contribution in [3.63, 3.8) is 0 Å². The van der Waals surface area contributed by atoms with Gasteiger partial charge in [0.2, 0.25) is 0 Å². The summed E-state index contributed by atoms with van der Waals surface area (Å²) in [5, 5.41) is 9.42. The van der Waals surface area contributed by atoms with E-state index in [9.17, 15) is 5.11 Å². The van der Waals surface area contributed by atoms with Crippen molar-refractivity contribution < 1.29 is 14.6 Å². The molecule has 0 spiro atoms. The molecule has 1 aromatic carbocycles. The highest BCUT2D eigenvalue weighted by Crippen LogP contribution is 2.16. The van der Waals surface area contributed by atoms with Crippen LogP contribution < -0.4 is 0 Å². The van der Waals surface area contributed by atoms with Crippen molar-refractivity contribution in [3.8, 4) is 0 Å². The standard InChI is InChI=1S/C11H14O3/c12-10-6-7-13-11(10)14-8-9-4-2-1-3-5-9/h1-5,10-12H,6-8H2/t10-,11-/m1/s1. The van der Waals surface area contributed by atoms with E-state index in [1.807, 2.05) is 30.3 Å². The first-order valence-corrected chi connectivity index (χ1v) is 4.81. The average molecular weight is 194 g/mol. The number of hydrogen-bond acceptors (Lipinski definition) is 3. The van der Waals surface area contributed by atoms with Crippen molar-refractivity contribution in [2.24, 2.45) is 0 Å².